The number of nitrogens with one attached hydrogen (secondary N) is 1. The van der Waals surface area contributed by atoms with Gasteiger partial charge in [0.2, 0.25) is 15.9 Å². The SMILES string of the molecule is CCOc1ccc(N(CC(=O)N[C@@H](C)CC)S(C)(=O)=O)cc1. The Morgan fingerprint density at radius 2 is 1.86 bits per heavy atom. The van der Waals surface area contributed by atoms with E-state index in [-0.39, 0.29) is 18.5 Å². The molecule has 1 atom stereocenters. The summed E-state index contributed by atoms with van der Waals surface area (Å²) in [5.74, 6) is 0.331. The molecule has 0 aromatic heterocycles. The zero-order valence-corrected chi connectivity index (χ0v) is 14.3. The fourth-order valence-electron chi connectivity index (χ4n) is 1.83. The third-order valence-electron chi connectivity index (χ3n) is 3.14. The van der Waals surface area contributed by atoms with Crippen LogP contribution in [0.2, 0.25) is 0 Å². The van der Waals surface area contributed by atoms with E-state index in [1.807, 2.05) is 20.8 Å². The fraction of sp³-hybridized carbons (Fsp3) is 0.533. The Morgan fingerprint density at radius 3 is 2.32 bits per heavy atom. The quantitative estimate of drug-likeness (QED) is 0.789. The summed E-state index contributed by atoms with van der Waals surface area (Å²) in [6, 6.07) is 6.63. The van der Waals surface area contributed by atoms with Gasteiger partial charge >= 0.3 is 0 Å². The van der Waals surface area contributed by atoms with E-state index >= 15 is 0 Å². The van der Waals surface area contributed by atoms with Crippen LogP contribution >= 0.6 is 0 Å². The molecule has 22 heavy (non-hydrogen) atoms. The van der Waals surface area contributed by atoms with Crippen LogP contribution in [0.4, 0.5) is 5.69 Å². The number of anilines is 1. The number of nitrogens with zero attached hydrogens (tertiary/aromatic N) is 1. The minimum atomic E-state index is -3.55. The van der Waals surface area contributed by atoms with Gasteiger partial charge in [0.15, 0.2) is 0 Å². The molecule has 7 heteroatoms. The van der Waals surface area contributed by atoms with E-state index in [0.717, 1.165) is 17.0 Å². The summed E-state index contributed by atoms with van der Waals surface area (Å²) in [6.07, 6.45) is 1.87. The van der Waals surface area contributed by atoms with Crippen molar-refractivity contribution in [1.82, 2.24) is 5.32 Å². The Balaban J connectivity index is 2.92. The topological polar surface area (TPSA) is 75.7 Å². The third-order valence-corrected chi connectivity index (χ3v) is 4.28. The summed E-state index contributed by atoms with van der Waals surface area (Å²) in [4.78, 5) is 12.0. The molecule has 0 spiro atoms. The molecule has 1 N–H and O–H groups in total. The van der Waals surface area contributed by atoms with Crippen molar-refractivity contribution in [3.8, 4) is 5.75 Å². The van der Waals surface area contributed by atoms with Gasteiger partial charge in [0, 0.05) is 6.04 Å². The fourth-order valence-corrected chi connectivity index (χ4v) is 2.68. The molecular weight excluding hydrogens is 304 g/mol. The molecule has 0 aliphatic heterocycles. The van der Waals surface area contributed by atoms with E-state index in [0.29, 0.717) is 18.0 Å². The average Bonchev–Trinajstić information content (AvgIpc) is 2.45. The Bertz CT molecular complexity index is 584. The summed E-state index contributed by atoms with van der Waals surface area (Å²) < 4.78 is 30.3. The zero-order valence-electron chi connectivity index (χ0n) is 13.5. The largest absolute Gasteiger partial charge is 0.494 e. The van der Waals surface area contributed by atoms with Gasteiger partial charge in [-0.15, -0.1) is 0 Å². The minimum Gasteiger partial charge on any atom is -0.494 e. The first-order valence-corrected chi connectivity index (χ1v) is 9.12. The summed E-state index contributed by atoms with van der Waals surface area (Å²) >= 11 is 0. The molecule has 0 bridgehead atoms. The van der Waals surface area contributed by atoms with Crippen molar-refractivity contribution >= 4 is 21.6 Å². The molecule has 0 aliphatic carbocycles. The second-order valence-electron chi connectivity index (χ2n) is 5.07. The number of rotatable bonds is 8. The molecule has 0 heterocycles. The van der Waals surface area contributed by atoms with Crippen molar-refractivity contribution in [2.45, 2.75) is 33.2 Å². The summed E-state index contributed by atoms with van der Waals surface area (Å²) in [7, 11) is -3.55. The molecule has 1 amide bonds. The number of hydrogen-bond acceptors (Lipinski definition) is 4. The molecule has 1 rings (SSSR count). The molecule has 0 saturated carbocycles. The predicted octanol–water partition coefficient (Wildman–Crippen LogP) is 1.77. The van der Waals surface area contributed by atoms with Crippen molar-refractivity contribution in [2.24, 2.45) is 0 Å². The molecule has 124 valence electrons. The lowest BCUT2D eigenvalue weighted by molar-refractivity contribution is -0.120. The average molecular weight is 328 g/mol. The molecule has 0 saturated heterocycles. The minimum absolute atomic E-state index is 0.00856. The lowest BCUT2D eigenvalue weighted by atomic mass is 10.2. The van der Waals surface area contributed by atoms with Crippen molar-refractivity contribution in [1.29, 1.82) is 0 Å². The van der Waals surface area contributed by atoms with Crippen molar-refractivity contribution in [3.05, 3.63) is 24.3 Å². The molecule has 0 radical (unpaired) electrons. The lowest BCUT2D eigenvalue weighted by Gasteiger charge is -2.23. The number of sulfonamides is 1. The molecule has 1 aromatic carbocycles. The maximum Gasteiger partial charge on any atom is 0.240 e. The van der Waals surface area contributed by atoms with E-state index in [1.54, 1.807) is 24.3 Å². The van der Waals surface area contributed by atoms with Gasteiger partial charge in [-0.3, -0.25) is 9.10 Å². The van der Waals surface area contributed by atoms with Gasteiger partial charge in [-0.25, -0.2) is 8.42 Å². The molecule has 6 nitrogen and oxygen atoms in total. The second-order valence-corrected chi connectivity index (χ2v) is 6.98. The first-order chi connectivity index (χ1) is 10.3. The van der Waals surface area contributed by atoms with E-state index in [1.165, 1.54) is 0 Å². The van der Waals surface area contributed by atoms with Crippen molar-refractivity contribution in [3.63, 3.8) is 0 Å². The molecule has 0 fully saturated rings. The van der Waals surface area contributed by atoms with Crippen molar-refractivity contribution in [2.75, 3.05) is 23.7 Å². The van der Waals surface area contributed by atoms with Gasteiger partial charge in [0.05, 0.1) is 18.6 Å². The molecular formula is C15H24N2O4S. The van der Waals surface area contributed by atoms with Crippen LogP contribution in [0, 0.1) is 0 Å². The van der Waals surface area contributed by atoms with Gasteiger partial charge in [-0.1, -0.05) is 6.92 Å². The van der Waals surface area contributed by atoms with Gasteiger partial charge in [0.1, 0.15) is 12.3 Å². The highest BCUT2D eigenvalue weighted by molar-refractivity contribution is 7.92. The number of hydrogen-bond donors (Lipinski definition) is 1. The maximum atomic E-state index is 12.0. The van der Waals surface area contributed by atoms with E-state index in [2.05, 4.69) is 5.32 Å². The molecule has 0 aliphatic rings. The lowest BCUT2D eigenvalue weighted by Crippen LogP contribution is -2.43. The number of amides is 1. The highest BCUT2D eigenvalue weighted by Gasteiger charge is 2.21. The number of ether oxygens (including phenoxy) is 1. The first kappa shape index (κ1) is 18.3. The van der Waals surface area contributed by atoms with Crippen LogP contribution in [0.5, 0.6) is 5.75 Å². The van der Waals surface area contributed by atoms with Crippen LogP contribution in [0.25, 0.3) is 0 Å². The van der Waals surface area contributed by atoms with E-state index < -0.39 is 10.0 Å². The number of carbonyl (C=O) groups excluding carboxylic acids is 1. The van der Waals surface area contributed by atoms with Gasteiger partial charge < -0.3 is 10.1 Å². The summed E-state index contributed by atoms with van der Waals surface area (Å²) in [5.41, 5.74) is 0.435. The summed E-state index contributed by atoms with van der Waals surface area (Å²) in [5, 5.41) is 2.76. The summed E-state index contributed by atoms with van der Waals surface area (Å²) in [6.45, 7) is 5.99. The smallest absolute Gasteiger partial charge is 0.240 e. The number of carbonyl (C=O) groups is 1. The third kappa shape index (κ3) is 5.55. The van der Waals surface area contributed by atoms with Crippen LogP contribution in [0.15, 0.2) is 24.3 Å². The Kier molecular flexibility index (Phi) is 6.67. The Labute approximate surface area is 132 Å². The van der Waals surface area contributed by atoms with Gasteiger partial charge in [-0.2, -0.15) is 0 Å². The van der Waals surface area contributed by atoms with Crippen LogP contribution in [0.3, 0.4) is 0 Å². The zero-order chi connectivity index (χ0) is 16.8. The number of benzene rings is 1. The molecule has 0 unspecified atom stereocenters. The highest BCUT2D eigenvalue weighted by atomic mass is 32.2. The molecule has 1 aromatic rings. The van der Waals surface area contributed by atoms with Crippen LogP contribution in [-0.2, 0) is 14.8 Å². The Morgan fingerprint density at radius 1 is 1.27 bits per heavy atom. The van der Waals surface area contributed by atoms with Gasteiger partial charge in [0.25, 0.3) is 0 Å². The van der Waals surface area contributed by atoms with Crippen molar-refractivity contribution < 1.29 is 17.9 Å². The normalized spacial score (nSPS) is 12.5. The van der Waals surface area contributed by atoms with Crippen LogP contribution in [0.1, 0.15) is 27.2 Å². The first-order valence-electron chi connectivity index (χ1n) is 7.27. The second kappa shape index (κ2) is 8.03. The highest BCUT2D eigenvalue weighted by Crippen LogP contribution is 2.21. The van der Waals surface area contributed by atoms with E-state index in [4.69, 9.17) is 4.74 Å². The standard InChI is InChI=1S/C15H24N2O4S/c1-5-12(3)16-15(18)11-17(22(4,19)20)13-7-9-14(10-8-13)21-6-2/h7-10,12H,5-6,11H2,1-4H3,(H,16,18)/t12-/m0/s1. The van der Waals surface area contributed by atoms with E-state index in [9.17, 15) is 13.2 Å². The van der Waals surface area contributed by atoms with Crippen LogP contribution < -0.4 is 14.4 Å². The monoisotopic (exact) mass is 328 g/mol. The Hall–Kier alpha value is -1.76. The van der Waals surface area contributed by atoms with Gasteiger partial charge in [-0.05, 0) is 44.5 Å². The maximum absolute atomic E-state index is 12.0. The van der Waals surface area contributed by atoms with Crippen LogP contribution in [-0.4, -0.2) is 39.8 Å². The predicted molar refractivity (Wildman–Crippen MR) is 87.7 cm³/mol.